The Balaban J connectivity index is 1.69. The summed E-state index contributed by atoms with van der Waals surface area (Å²) in [5, 5.41) is 0. The molecule has 3 nitrogen and oxygen atoms in total. The van der Waals surface area contributed by atoms with Crippen molar-refractivity contribution in [1.82, 2.24) is 4.90 Å². The molecule has 1 saturated carbocycles. The molecule has 1 aliphatic carbocycles. The van der Waals surface area contributed by atoms with Gasteiger partial charge < -0.3 is 10.2 Å². The van der Waals surface area contributed by atoms with Gasteiger partial charge in [0.05, 0.1) is 6.54 Å². The van der Waals surface area contributed by atoms with Gasteiger partial charge in [-0.3, -0.25) is 4.90 Å². The number of furan rings is 1. The summed E-state index contributed by atoms with van der Waals surface area (Å²) in [5.41, 5.74) is 6.00. The summed E-state index contributed by atoms with van der Waals surface area (Å²) in [6.07, 6.45) is 1.29. The normalized spacial score (nSPS) is 36.0. The van der Waals surface area contributed by atoms with E-state index in [1.807, 2.05) is 13.0 Å². The van der Waals surface area contributed by atoms with Gasteiger partial charge in [-0.15, -0.1) is 0 Å². The monoisotopic (exact) mass is 192 g/mol. The van der Waals surface area contributed by atoms with Crippen LogP contribution < -0.4 is 5.73 Å². The van der Waals surface area contributed by atoms with E-state index in [0.717, 1.165) is 30.5 Å². The second-order valence-electron chi connectivity index (χ2n) is 4.58. The number of hydrogen-bond donors (Lipinski definition) is 1. The summed E-state index contributed by atoms with van der Waals surface area (Å²) in [7, 11) is 0. The highest BCUT2D eigenvalue weighted by atomic mass is 16.3. The largest absolute Gasteiger partial charge is 0.465 e. The van der Waals surface area contributed by atoms with Crippen molar-refractivity contribution in [3.05, 3.63) is 23.7 Å². The first-order chi connectivity index (χ1) is 6.74. The molecule has 3 aliphatic rings. The van der Waals surface area contributed by atoms with E-state index in [1.54, 1.807) is 0 Å². The zero-order valence-electron chi connectivity index (χ0n) is 8.44. The molecule has 3 unspecified atom stereocenters. The molecule has 0 amide bonds. The predicted octanol–water partition coefficient (Wildman–Crippen LogP) is 1.12. The van der Waals surface area contributed by atoms with Gasteiger partial charge in [-0.05, 0) is 31.4 Å². The summed E-state index contributed by atoms with van der Waals surface area (Å²) in [6.45, 7) is 4.08. The first kappa shape index (κ1) is 8.50. The number of nitrogens with two attached hydrogens (primary N) is 1. The van der Waals surface area contributed by atoms with E-state index < -0.39 is 0 Å². The van der Waals surface area contributed by atoms with E-state index in [4.69, 9.17) is 10.2 Å². The van der Waals surface area contributed by atoms with Gasteiger partial charge >= 0.3 is 0 Å². The molecule has 76 valence electrons. The number of nitrogens with zero attached hydrogens (tertiary/aromatic N) is 1. The molecule has 3 heteroatoms. The fraction of sp³-hybridized carbons (Fsp3) is 0.636. The van der Waals surface area contributed by atoms with Crippen molar-refractivity contribution in [1.29, 1.82) is 0 Å². The molecule has 1 aromatic heterocycles. The van der Waals surface area contributed by atoms with E-state index in [9.17, 15) is 0 Å². The van der Waals surface area contributed by atoms with Gasteiger partial charge in [0.15, 0.2) is 0 Å². The highest BCUT2D eigenvalue weighted by Crippen LogP contribution is 2.40. The summed E-state index contributed by atoms with van der Waals surface area (Å²) in [5.74, 6) is 2.81. The minimum Gasteiger partial charge on any atom is -0.465 e. The number of hydrogen-bond acceptors (Lipinski definition) is 3. The molecule has 3 fully saturated rings. The highest BCUT2D eigenvalue weighted by Gasteiger charge is 2.49. The lowest BCUT2D eigenvalue weighted by Crippen LogP contribution is -2.49. The van der Waals surface area contributed by atoms with Gasteiger partial charge in [-0.1, -0.05) is 0 Å². The van der Waals surface area contributed by atoms with Crippen LogP contribution in [-0.2, 0) is 6.54 Å². The summed E-state index contributed by atoms with van der Waals surface area (Å²) >= 11 is 0. The summed E-state index contributed by atoms with van der Waals surface area (Å²) in [6, 6.07) is 5.13. The van der Waals surface area contributed by atoms with Crippen LogP contribution in [-0.4, -0.2) is 23.5 Å². The smallest absolute Gasteiger partial charge is 0.118 e. The Hall–Kier alpha value is -0.800. The lowest BCUT2D eigenvalue weighted by atomic mass is 9.81. The van der Waals surface area contributed by atoms with E-state index in [-0.39, 0.29) is 0 Å². The van der Waals surface area contributed by atoms with Crippen molar-refractivity contribution in [3.8, 4) is 0 Å². The van der Waals surface area contributed by atoms with Crippen LogP contribution >= 0.6 is 0 Å². The third kappa shape index (κ3) is 1.12. The van der Waals surface area contributed by atoms with Crippen LogP contribution in [0.2, 0.25) is 0 Å². The average molecular weight is 192 g/mol. The second-order valence-corrected chi connectivity index (χ2v) is 4.58. The quantitative estimate of drug-likeness (QED) is 0.763. The number of fused-ring (bicyclic) bond motifs is 1. The Labute approximate surface area is 83.9 Å². The Morgan fingerprint density at radius 1 is 1.57 bits per heavy atom. The Morgan fingerprint density at radius 3 is 2.93 bits per heavy atom. The number of aryl methyl sites for hydroxylation is 1. The van der Waals surface area contributed by atoms with Gasteiger partial charge in [0.1, 0.15) is 11.5 Å². The molecule has 1 aromatic rings. The molecule has 14 heavy (non-hydrogen) atoms. The van der Waals surface area contributed by atoms with Crippen molar-refractivity contribution >= 4 is 0 Å². The van der Waals surface area contributed by atoms with E-state index in [2.05, 4.69) is 11.0 Å². The lowest BCUT2D eigenvalue weighted by Gasteiger charge is -2.33. The van der Waals surface area contributed by atoms with Crippen molar-refractivity contribution < 1.29 is 4.42 Å². The second kappa shape index (κ2) is 2.84. The molecular weight excluding hydrogens is 176 g/mol. The fourth-order valence-corrected chi connectivity index (χ4v) is 2.72. The van der Waals surface area contributed by atoms with Crippen LogP contribution in [0.1, 0.15) is 17.9 Å². The molecule has 2 saturated heterocycles. The summed E-state index contributed by atoms with van der Waals surface area (Å²) < 4.78 is 5.57. The van der Waals surface area contributed by atoms with Crippen LogP contribution in [0.3, 0.4) is 0 Å². The topological polar surface area (TPSA) is 42.4 Å². The molecule has 0 radical (unpaired) electrons. The number of rotatable bonds is 2. The Bertz CT molecular complexity index is 347. The standard InChI is InChI=1S/C11H16N2O/c1-7-2-3-9(14-7)6-13-5-8-4-10(13)11(8)12/h2-3,8,10-11H,4-6,12H2,1H3. The van der Waals surface area contributed by atoms with E-state index >= 15 is 0 Å². The van der Waals surface area contributed by atoms with Crippen molar-refractivity contribution in [2.24, 2.45) is 11.7 Å². The molecule has 4 rings (SSSR count). The molecule has 0 aromatic carbocycles. The Morgan fingerprint density at radius 2 is 2.43 bits per heavy atom. The third-order valence-electron chi connectivity index (χ3n) is 3.63. The molecule has 0 spiro atoms. The van der Waals surface area contributed by atoms with Crippen LogP contribution in [0.15, 0.2) is 16.5 Å². The molecule has 2 bridgehead atoms. The van der Waals surface area contributed by atoms with E-state index in [0.29, 0.717) is 12.1 Å². The minimum absolute atomic E-state index is 0.422. The SMILES string of the molecule is Cc1ccc(CN2CC3CC2C3N)o1. The fourth-order valence-electron chi connectivity index (χ4n) is 2.72. The average Bonchev–Trinajstić information content (AvgIpc) is 2.79. The molecule has 3 atom stereocenters. The third-order valence-corrected chi connectivity index (χ3v) is 3.63. The van der Waals surface area contributed by atoms with Gasteiger partial charge in [0, 0.05) is 18.6 Å². The highest BCUT2D eigenvalue weighted by molar-refractivity contribution is 5.11. The van der Waals surface area contributed by atoms with Crippen LogP contribution in [0.5, 0.6) is 0 Å². The molecule has 3 heterocycles. The van der Waals surface area contributed by atoms with Crippen LogP contribution in [0.25, 0.3) is 0 Å². The van der Waals surface area contributed by atoms with Gasteiger partial charge in [-0.2, -0.15) is 0 Å². The van der Waals surface area contributed by atoms with Crippen molar-refractivity contribution in [3.63, 3.8) is 0 Å². The first-order valence-corrected chi connectivity index (χ1v) is 5.29. The summed E-state index contributed by atoms with van der Waals surface area (Å²) in [4.78, 5) is 2.45. The van der Waals surface area contributed by atoms with Gasteiger partial charge in [0.2, 0.25) is 0 Å². The maximum atomic E-state index is 6.00. The van der Waals surface area contributed by atoms with Gasteiger partial charge in [0.25, 0.3) is 0 Å². The Kier molecular flexibility index (Phi) is 1.73. The minimum atomic E-state index is 0.422. The zero-order valence-corrected chi connectivity index (χ0v) is 8.44. The molecule has 2 aliphatic heterocycles. The van der Waals surface area contributed by atoms with Crippen molar-refractivity contribution in [2.75, 3.05) is 6.54 Å². The molecule has 2 N–H and O–H groups in total. The first-order valence-electron chi connectivity index (χ1n) is 5.29. The molecular formula is C11H16N2O. The van der Waals surface area contributed by atoms with Crippen molar-refractivity contribution in [2.45, 2.75) is 32.0 Å². The zero-order chi connectivity index (χ0) is 9.71. The van der Waals surface area contributed by atoms with Crippen LogP contribution in [0, 0.1) is 12.8 Å². The maximum Gasteiger partial charge on any atom is 0.118 e. The maximum absolute atomic E-state index is 6.00. The predicted molar refractivity (Wildman–Crippen MR) is 53.7 cm³/mol. The van der Waals surface area contributed by atoms with Gasteiger partial charge in [-0.25, -0.2) is 0 Å². The van der Waals surface area contributed by atoms with Crippen LogP contribution in [0.4, 0.5) is 0 Å². The van der Waals surface area contributed by atoms with E-state index in [1.165, 1.54) is 6.42 Å². The lowest BCUT2D eigenvalue weighted by molar-refractivity contribution is 0.197.